The van der Waals surface area contributed by atoms with Crippen LogP contribution in [0.15, 0.2) is 41.3 Å². The van der Waals surface area contributed by atoms with Crippen LogP contribution in [0.1, 0.15) is 12.8 Å². The van der Waals surface area contributed by atoms with Crippen LogP contribution in [0.25, 0.3) is 10.2 Å². The number of likely N-dealkylation sites (N-methyl/N-ethyl adjacent to an activating group) is 1. The summed E-state index contributed by atoms with van der Waals surface area (Å²) in [5, 5.41) is 1.09. The van der Waals surface area contributed by atoms with E-state index in [0.717, 1.165) is 28.1 Å². The Bertz CT molecular complexity index is 1010. The lowest BCUT2D eigenvalue weighted by Crippen LogP contribution is -2.36. The molecule has 0 aliphatic rings. The van der Waals surface area contributed by atoms with Gasteiger partial charge in [0.2, 0.25) is 5.91 Å². The fourth-order valence-electron chi connectivity index (χ4n) is 2.77. The Labute approximate surface area is 187 Å². The topological polar surface area (TPSA) is 36.4 Å². The molecule has 3 aromatic rings. The first-order valence-electron chi connectivity index (χ1n) is 9.42. The van der Waals surface area contributed by atoms with Crippen LogP contribution in [-0.4, -0.2) is 48.7 Å². The van der Waals surface area contributed by atoms with Gasteiger partial charge in [0.05, 0.1) is 4.70 Å². The normalized spacial score (nSPS) is 11.4. The molecule has 2 aromatic carbocycles. The van der Waals surface area contributed by atoms with Crippen molar-refractivity contribution >= 4 is 56.0 Å². The average molecular weight is 470 g/mol. The Hall–Kier alpha value is -1.74. The largest absolute Gasteiger partial charge is 0.308 e. The van der Waals surface area contributed by atoms with Gasteiger partial charge in [-0.05, 0) is 56.6 Å². The number of thiazole rings is 1. The highest BCUT2D eigenvalue weighted by atomic mass is 35.5. The number of benzene rings is 2. The lowest BCUT2D eigenvalue weighted by atomic mass is 10.3. The molecule has 0 N–H and O–H groups in total. The number of rotatable bonds is 9. The van der Waals surface area contributed by atoms with Crippen LogP contribution >= 0.6 is 34.7 Å². The molecule has 4 nitrogen and oxygen atoms in total. The first-order chi connectivity index (χ1) is 14.3. The molecular formula is C21H22ClF2N3OS2. The summed E-state index contributed by atoms with van der Waals surface area (Å²) in [7, 11) is 3.83. The fraction of sp³-hybridized carbons (Fsp3) is 0.333. The molecule has 0 radical (unpaired) electrons. The number of fused-ring (bicyclic) bond motifs is 1. The maximum atomic E-state index is 14.1. The molecule has 0 bridgehead atoms. The van der Waals surface area contributed by atoms with Gasteiger partial charge in [0.1, 0.15) is 11.3 Å². The molecule has 0 unspecified atom stereocenters. The van der Waals surface area contributed by atoms with Crippen LogP contribution in [0.5, 0.6) is 0 Å². The molecule has 30 heavy (non-hydrogen) atoms. The predicted molar refractivity (Wildman–Crippen MR) is 122 cm³/mol. The summed E-state index contributed by atoms with van der Waals surface area (Å²) in [4.78, 5) is 21.8. The summed E-state index contributed by atoms with van der Waals surface area (Å²) in [5.74, 6) is -0.657. The Morgan fingerprint density at radius 2 is 1.90 bits per heavy atom. The molecule has 1 amide bonds. The molecular weight excluding hydrogens is 448 g/mol. The van der Waals surface area contributed by atoms with Gasteiger partial charge in [0, 0.05) is 35.5 Å². The first-order valence-corrected chi connectivity index (χ1v) is 11.6. The van der Waals surface area contributed by atoms with Crippen LogP contribution in [0.3, 0.4) is 0 Å². The SMILES string of the molecule is CN(C)CCN(C(=O)CCCSc1ccc(Cl)cc1)c1nc2c(F)cc(F)cc2s1. The Morgan fingerprint density at radius 3 is 2.60 bits per heavy atom. The van der Waals surface area contributed by atoms with E-state index in [9.17, 15) is 13.6 Å². The maximum absolute atomic E-state index is 14.1. The standard InChI is InChI=1S/C21H22ClF2N3OS2/c1-26(2)9-10-27(21-25-20-17(24)12-15(23)13-18(20)30-21)19(28)4-3-11-29-16-7-5-14(22)6-8-16/h5-8,12-13H,3-4,9-11H2,1-2H3. The molecule has 0 saturated heterocycles. The van der Waals surface area contributed by atoms with Crippen molar-refractivity contribution in [1.82, 2.24) is 9.88 Å². The second-order valence-corrected chi connectivity index (χ2v) is 9.60. The van der Waals surface area contributed by atoms with Gasteiger partial charge in [-0.25, -0.2) is 13.8 Å². The van der Waals surface area contributed by atoms with E-state index in [1.807, 2.05) is 43.3 Å². The number of hydrogen-bond acceptors (Lipinski definition) is 5. The third-order valence-electron chi connectivity index (χ3n) is 4.32. The highest BCUT2D eigenvalue weighted by Crippen LogP contribution is 2.31. The fourth-order valence-corrected chi connectivity index (χ4v) is 4.79. The first kappa shape index (κ1) is 22.9. The van der Waals surface area contributed by atoms with E-state index in [0.29, 0.717) is 40.8 Å². The molecule has 0 fully saturated rings. The zero-order chi connectivity index (χ0) is 21.7. The van der Waals surface area contributed by atoms with Gasteiger partial charge in [-0.1, -0.05) is 22.9 Å². The molecule has 1 aromatic heterocycles. The van der Waals surface area contributed by atoms with E-state index in [2.05, 4.69) is 4.98 Å². The van der Waals surface area contributed by atoms with Crippen LogP contribution in [0, 0.1) is 11.6 Å². The smallest absolute Gasteiger partial charge is 0.228 e. The zero-order valence-corrected chi connectivity index (χ0v) is 19.1. The van der Waals surface area contributed by atoms with Crippen molar-refractivity contribution in [3.8, 4) is 0 Å². The number of carbonyl (C=O) groups excluding carboxylic acids is 1. The number of carbonyl (C=O) groups is 1. The molecule has 0 aliphatic heterocycles. The lowest BCUT2D eigenvalue weighted by Gasteiger charge is -2.22. The maximum Gasteiger partial charge on any atom is 0.228 e. The van der Waals surface area contributed by atoms with Gasteiger partial charge in [-0.2, -0.15) is 0 Å². The monoisotopic (exact) mass is 469 g/mol. The van der Waals surface area contributed by atoms with Gasteiger partial charge in [-0.15, -0.1) is 11.8 Å². The number of hydrogen-bond donors (Lipinski definition) is 0. The van der Waals surface area contributed by atoms with Crippen molar-refractivity contribution in [2.45, 2.75) is 17.7 Å². The number of anilines is 1. The Kier molecular flexibility index (Phi) is 8.05. The minimum atomic E-state index is -0.716. The molecule has 160 valence electrons. The summed E-state index contributed by atoms with van der Waals surface area (Å²) in [6.45, 7) is 1.07. The van der Waals surface area contributed by atoms with Crippen molar-refractivity contribution in [1.29, 1.82) is 0 Å². The third kappa shape index (κ3) is 6.14. The van der Waals surface area contributed by atoms with Crippen LogP contribution < -0.4 is 4.90 Å². The molecule has 9 heteroatoms. The van der Waals surface area contributed by atoms with Gasteiger partial charge in [0.15, 0.2) is 10.9 Å². The molecule has 0 atom stereocenters. The Morgan fingerprint density at radius 1 is 1.17 bits per heavy atom. The van der Waals surface area contributed by atoms with E-state index in [-0.39, 0.29) is 11.4 Å². The summed E-state index contributed by atoms with van der Waals surface area (Å²) in [6, 6.07) is 9.64. The lowest BCUT2D eigenvalue weighted by molar-refractivity contribution is -0.118. The van der Waals surface area contributed by atoms with E-state index in [4.69, 9.17) is 11.6 Å². The summed E-state index contributed by atoms with van der Waals surface area (Å²) >= 11 is 8.69. The molecule has 0 spiro atoms. The van der Waals surface area contributed by atoms with Crippen LogP contribution in [0.4, 0.5) is 13.9 Å². The number of amides is 1. The highest BCUT2D eigenvalue weighted by molar-refractivity contribution is 7.99. The number of nitrogens with zero attached hydrogens (tertiary/aromatic N) is 3. The number of aromatic nitrogens is 1. The number of halogens is 3. The quantitative estimate of drug-likeness (QED) is 0.298. The van der Waals surface area contributed by atoms with Crippen LogP contribution in [-0.2, 0) is 4.79 Å². The predicted octanol–water partition coefficient (Wildman–Crippen LogP) is 5.70. The van der Waals surface area contributed by atoms with Crippen molar-refractivity contribution in [3.63, 3.8) is 0 Å². The highest BCUT2D eigenvalue weighted by Gasteiger charge is 2.21. The van der Waals surface area contributed by atoms with Gasteiger partial charge in [-0.3, -0.25) is 9.69 Å². The number of thioether (sulfide) groups is 1. The van der Waals surface area contributed by atoms with E-state index in [1.165, 1.54) is 6.07 Å². The van der Waals surface area contributed by atoms with Gasteiger partial charge >= 0.3 is 0 Å². The van der Waals surface area contributed by atoms with Crippen molar-refractivity contribution in [2.75, 3.05) is 37.8 Å². The minimum Gasteiger partial charge on any atom is -0.308 e. The van der Waals surface area contributed by atoms with Crippen molar-refractivity contribution in [3.05, 3.63) is 53.1 Å². The summed E-state index contributed by atoms with van der Waals surface area (Å²) in [5.41, 5.74) is 0.0948. The zero-order valence-electron chi connectivity index (χ0n) is 16.7. The van der Waals surface area contributed by atoms with Gasteiger partial charge < -0.3 is 4.90 Å². The molecule has 1 heterocycles. The summed E-state index contributed by atoms with van der Waals surface area (Å²) in [6.07, 6.45) is 1.04. The van der Waals surface area contributed by atoms with Gasteiger partial charge in [0.25, 0.3) is 0 Å². The second-order valence-electron chi connectivity index (χ2n) is 6.99. The minimum absolute atomic E-state index is 0.0755. The van der Waals surface area contributed by atoms with E-state index >= 15 is 0 Å². The van der Waals surface area contributed by atoms with Crippen LogP contribution in [0.2, 0.25) is 5.02 Å². The molecule has 3 rings (SSSR count). The van der Waals surface area contributed by atoms with Crippen molar-refractivity contribution in [2.24, 2.45) is 0 Å². The van der Waals surface area contributed by atoms with E-state index in [1.54, 1.807) is 16.7 Å². The third-order valence-corrected chi connectivity index (χ3v) is 6.70. The van der Waals surface area contributed by atoms with E-state index < -0.39 is 11.6 Å². The second kappa shape index (κ2) is 10.5. The Balaban J connectivity index is 1.67. The molecule has 0 saturated carbocycles. The summed E-state index contributed by atoms with van der Waals surface area (Å²) < 4.78 is 28.0. The van der Waals surface area contributed by atoms with Crippen molar-refractivity contribution < 1.29 is 13.6 Å². The average Bonchev–Trinajstić information content (AvgIpc) is 3.10. The molecule has 0 aliphatic carbocycles.